The van der Waals surface area contributed by atoms with Crippen molar-refractivity contribution in [3.8, 4) is 41.8 Å². The molecule has 12 N–H and O–H groups in total. The van der Waals surface area contributed by atoms with Gasteiger partial charge >= 0.3 is 0 Å². The standard InChI is InChI=1S/C27H39N5O3S.C26H37N5O3S.C25H37N5O3S.C24H33N5O3S/c1-16-13-20(31-27(5,6)18-10-11-18)28-14-19(16)22-21(25(34)32-12-8-7-9-17(32)2)30-24(36-22)23(33)29-15-26(3,4)35;1-16-13-19(30-26(5)10-8-11-26)27-14-18(16)21-20(24(33)31-12-7-6-9-17(31)2)29-23(35-21)22(32)28-15-25(3,4)34;1-15-11-18(27-13-24(3,4)5)26-12-17(15)20-19(23(32)30-10-8-9-16(30)2)29-22(34-20)21(31)28-14-25(6,7)33;1-13(2)27-18-10-14(3)17(11-25-18)20-19(23(31)29-15-6-7-16(29)9-8-15)28-22(33-20)21(30)26-12-24(4,5)32/h13-14,17-18,35H,7-12,15H2,1-6H3,(H,28,31)(H,29,33);13-14,17,34H,6-12,15H2,1-5H3,(H,27,30)(H,28,32);11-12,16,33H,8-10,13-14H2,1-7H3,(H,26,27)(H,28,31);10-11,13,15-16,32H,6-9,12H2,1-5H3,(H,25,27)(H,26,30)/t2*17-;16-;/m000./s1. The van der Waals surface area contributed by atoms with E-state index in [1.54, 1.807) is 80.2 Å². The molecule has 0 radical (unpaired) electrons. The first-order valence-corrected chi connectivity index (χ1v) is 52.1. The van der Waals surface area contributed by atoms with E-state index in [4.69, 9.17) is 0 Å². The third-order valence-corrected chi connectivity index (χ3v) is 30.4. The predicted molar refractivity (Wildman–Crippen MR) is 549 cm³/mol. The van der Waals surface area contributed by atoms with Crippen molar-refractivity contribution in [2.45, 2.75) is 338 Å². The smallest absolute Gasteiger partial charge is 0.280 e. The summed E-state index contributed by atoms with van der Waals surface area (Å²) in [6, 6.07) is 9.10. The van der Waals surface area contributed by atoms with Crippen molar-refractivity contribution in [1.29, 1.82) is 0 Å². The Hall–Kier alpha value is -10.1. The van der Waals surface area contributed by atoms with Gasteiger partial charge in [0.1, 0.15) is 46.0 Å². The summed E-state index contributed by atoms with van der Waals surface area (Å²) in [5.74, 6) is 1.66. The molecule has 3 atom stereocenters. The number of rotatable bonds is 29. The van der Waals surface area contributed by atoms with Crippen LogP contribution in [0.2, 0.25) is 0 Å². The second-order valence-electron chi connectivity index (χ2n) is 43.5. The lowest BCUT2D eigenvalue weighted by molar-refractivity contribution is 0.0622. The van der Waals surface area contributed by atoms with Crippen LogP contribution in [-0.4, -0.2) is 249 Å². The van der Waals surface area contributed by atoms with Gasteiger partial charge in [0.25, 0.3) is 47.3 Å². The van der Waals surface area contributed by atoms with Gasteiger partial charge in [-0.05, 0) is 305 Å². The Morgan fingerprint density at radius 2 is 0.717 bits per heavy atom. The van der Waals surface area contributed by atoms with E-state index in [1.165, 1.54) is 64.6 Å². The van der Waals surface area contributed by atoms with E-state index in [1.807, 2.05) is 92.3 Å². The van der Waals surface area contributed by atoms with Gasteiger partial charge in [-0.1, -0.05) is 20.8 Å². The average Bonchev–Trinajstić information content (AvgIpc) is 1.61. The van der Waals surface area contributed by atoms with E-state index < -0.39 is 46.0 Å². The van der Waals surface area contributed by atoms with E-state index in [-0.39, 0.29) is 128 Å². The Morgan fingerprint density at radius 3 is 1.02 bits per heavy atom. The maximum atomic E-state index is 13.7. The number of amides is 8. The number of likely N-dealkylation sites (tertiary alicyclic amines) is 3. The summed E-state index contributed by atoms with van der Waals surface area (Å²) in [5, 5.41) is 65.4. The maximum Gasteiger partial charge on any atom is 0.280 e. The first-order valence-electron chi connectivity index (χ1n) is 48.9. The van der Waals surface area contributed by atoms with Gasteiger partial charge in [-0.15, -0.1) is 45.3 Å². The second-order valence-corrected chi connectivity index (χ2v) is 47.5. The molecule has 2 aliphatic carbocycles. The topological polar surface area (TPSA) is 430 Å². The average molecular weight is 1970 g/mol. The molecule has 0 spiro atoms. The molecule has 32 nitrogen and oxygen atoms in total. The Bertz CT molecular complexity index is 5700. The quantitative estimate of drug-likeness (QED) is 0.0207. The maximum absolute atomic E-state index is 13.7. The number of hydrogen-bond donors (Lipinski definition) is 12. The number of carbonyl (C=O) groups excluding carboxylic acids is 8. The lowest BCUT2D eigenvalue weighted by Crippen LogP contribution is -2.42. The number of aryl methyl sites for hydroxylation is 4. The van der Waals surface area contributed by atoms with Crippen LogP contribution in [0.25, 0.3) is 41.8 Å². The molecule has 15 rings (SSSR count). The molecule has 8 amide bonds. The van der Waals surface area contributed by atoms with Crippen LogP contribution in [-0.2, 0) is 0 Å². The zero-order chi connectivity index (χ0) is 101. The molecule has 7 aliphatic rings. The van der Waals surface area contributed by atoms with Crippen LogP contribution in [0, 0.1) is 39.0 Å². The van der Waals surface area contributed by atoms with Gasteiger partial charge in [0, 0.05) is 147 Å². The highest BCUT2D eigenvalue weighted by atomic mass is 32.1. The van der Waals surface area contributed by atoms with Gasteiger partial charge in [-0.2, -0.15) is 0 Å². The highest BCUT2D eigenvalue weighted by Crippen LogP contribution is 2.46. The number of nitrogens with one attached hydrogen (secondary N) is 8. The monoisotopic (exact) mass is 1970 g/mol. The number of thiazole rings is 4. The molecule has 7 fully saturated rings. The molecule has 2 saturated carbocycles. The first-order chi connectivity index (χ1) is 64.6. The third kappa shape index (κ3) is 28.0. The van der Waals surface area contributed by atoms with Crippen LogP contribution < -0.4 is 42.5 Å². The largest absolute Gasteiger partial charge is 0.389 e. The van der Waals surface area contributed by atoms with E-state index in [9.17, 15) is 58.8 Å². The fraction of sp³-hybridized carbons (Fsp3) is 0.608. The number of fused-ring (bicyclic) bond motifs is 2. The summed E-state index contributed by atoms with van der Waals surface area (Å²) >= 11 is 4.79. The second kappa shape index (κ2) is 44.0. The van der Waals surface area contributed by atoms with E-state index in [0.717, 1.165) is 164 Å². The van der Waals surface area contributed by atoms with E-state index in [2.05, 4.69) is 138 Å². The van der Waals surface area contributed by atoms with Crippen molar-refractivity contribution in [3.63, 3.8) is 0 Å². The van der Waals surface area contributed by atoms with Crippen molar-refractivity contribution < 1.29 is 58.8 Å². The molecule has 36 heteroatoms. The fourth-order valence-electron chi connectivity index (χ4n) is 17.8. The van der Waals surface area contributed by atoms with E-state index >= 15 is 0 Å². The molecule has 0 aromatic carbocycles. The summed E-state index contributed by atoms with van der Waals surface area (Å²) in [5.41, 5.74) is 4.24. The predicted octanol–water partition coefficient (Wildman–Crippen LogP) is 16.7. The number of carbonyl (C=O) groups is 8. The summed E-state index contributed by atoms with van der Waals surface area (Å²) in [7, 11) is 0. The Morgan fingerprint density at radius 1 is 0.406 bits per heavy atom. The van der Waals surface area contributed by atoms with Crippen LogP contribution in [0.4, 0.5) is 23.3 Å². The molecule has 8 aromatic rings. The summed E-state index contributed by atoms with van der Waals surface area (Å²) in [6.07, 6.45) is 25.1. The normalized spacial score (nSPS) is 18.7. The van der Waals surface area contributed by atoms with Crippen molar-refractivity contribution in [1.82, 2.24) is 80.7 Å². The molecular weight excluding hydrogens is 1830 g/mol. The number of aliphatic hydroxyl groups is 4. The molecular formula is C102H146N20O12S4. The zero-order valence-corrected chi connectivity index (χ0v) is 88.2. The SMILES string of the molecule is Cc1cc(NC(C)(C)C2CC2)ncc1-c1sc(C(=O)NCC(C)(C)O)nc1C(=O)N1CCCC[C@@H]1C.Cc1cc(NC(C)C)ncc1-c1sc(C(=O)NCC(C)(C)O)nc1C(=O)N1C2CCC1CC2.Cc1cc(NC2(C)CCC2)ncc1-c1sc(C(=O)NCC(C)(C)O)nc1C(=O)N1CCCC[C@@H]1C.Cc1cc(NCC(C)(C)C)ncc1-c1sc(C(=O)NCC(C)(C)O)nc1C(=O)N1CCC[C@@H]1C. The molecule has 5 saturated heterocycles. The minimum atomic E-state index is -1.05. The first kappa shape index (κ1) is 107. The molecule has 8 aromatic heterocycles. The molecule has 13 heterocycles. The van der Waals surface area contributed by atoms with Crippen molar-refractivity contribution in [2.24, 2.45) is 11.3 Å². The fourth-order valence-corrected chi connectivity index (χ4v) is 22.0. The van der Waals surface area contributed by atoms with Gasteiger partial charge in [0.15, 0.2) is 20.0 Å². The highest BCUT2D eigenvalue weighted by molar-refractivity contribution is 7.18. The summed E-state index contributed by atoms with van der Waals surface area (Å²) in [6.45, 7) is 47.5. The van der Waals surface area contributed by atoms with Crippen LogP contribution in [0.1, 0.15) is 344 Å². The Labute approximate surface area is 829 Å². The van der Waals surface area contributed by atoms with Gasteiger partial charge < -0.3 is 82.6 Å². The summed E-state index contributed by atoms with van der Waals surface area (Å²) < 4.78 is 0. The van der Waals surface area contributed by atoms with Gasteiger partial charge in [0.2, 0.25) is 0 Å². The lowest BCUT2D eigenvalue weighted by atomic mass is 9.78. The van der Waals surface area contributed by atoms with Gasteiger partial charge in [-0.25, -0.2) is 39.9 Å². The zero-order valence-electron chi connectivity index (χ0n) is 84.9. The summed E-state index contributed by atoms with van der Waals surface area (Å²) in [4.78, 5) is 152. The van der Waals surface area contributed by atoms with Gasteiger partial charge in [0.05, 0.1) is 41.9 Å². The van der Waals surface area contributed by atoms with Gasteiger partial charge in [-0.3, -0.25) is 38.4 Å². The van der Waals surface area contributed by atoms with Crippen LogP contribution in [0.5, 0.6) is 0 Å². The molecule has 750 valence electrons. The number of piperidine rings is 2. The van der Waals surface area contributed by atoms with Crippen LogP contribution in [0.15, 0.2) is 49.1 Å². The Kier molecular flexibility index (Phi) is 34.0. The number of anilines is 4. The van der Waals surface area contributed by atoms with Crippen molar-refractivity contribution in [2.75, 3.05) is 73.6 Å². The lowest BCUT2D eigenvalue weighted by Gasteiger charge is -2.39. The number of aromatic nitrogens is 8. The number of hydrogen-bond acceptors (Lipinski definition) is 28. The van der Waals surface area contributed by atoms with Crippen LogP contribution in [0.3, 0.4) is 0 Å². The van der Waals surface area contributed by atoms with Crippen molar-refractivity contribution >= 4 is 116 Å². The molecule has 5 aliphatic heterocycles. The minimum absolute atomic E-state index is 0.0251. The molecule has 2 bridgehead atoms. The van der Waals surface area contributed by atoms with Crippen molar-refractivity contribution in [3.05, 3.63) is 114 Å². The van der Waals surface area contributed by atoms with E-state index in [0.29, 0.717) is 62.1 Å². The Balaban J connectivity index is 0.000000165. The third-order valence-electron chi connectivity index (χ3n) is 26.0. The molecule has 0 unspecified atom stereocenters. The highest BCUT2D eigenvalue weighted by Gasteiger charge is 2.46. The molecule has 138 heavy (non-hydrogen) atoms. The number of nitrogens with zero attached hydrogens (tertiary/aromatic N) is 12. The minimum Gasteiger partial charge on any atom is -0.389 e. The number of pyridine rings is 4. The van der Waals surface area contributed by atoms with Crippen LogP contribution >= 0.6 is 45.3 Å².